The van der Waals surface area contributed by atoms with Crippen LogP contribution in [0.25, 0.3) is 0 Å². The number of hydrogen-bond acceptors (Lipinski definition) is 4. The molecule has 0 rings (SSSR count). The lowest BCUT2D eigenvalue weighted by Gasteiger charge is -2.16. The monoisotopic (exact) mass is 420 g/mol. The van der Waals surface area contributed by atoms with Gasteiger partial charge in [-0.1, -0.05) is 123 Å². The first-order valence-electron chi connectivity index (χ1n) is 11.9. The molecule has 0 aliphatic rings. The number of rotatable bonds is 21. The Morgan fingerprint density at radius 2 is 1.27 bits per heavy atom. The zero-order valence-electron chi connectivity index (χ0n) is 19.3. The largest absolute Gasteiger partial charge is 0.461 e. The van der Waals surface area contributed by atoms with Crippen molar-refractivity contribution in [3.63, 3.8) is 0 Å². The van der Waals surface area contributed by atoms with Crippen LogP contribution in [0.1, 0.15) is 103 Å². The molecular formula is C26H44O4. The van der Waals surface area contributed by atoms with Gasteiger partial charge in [0.15, 0.2) is 0 Å². The van der Waals surface area contributed by atoms with E-state index in [0.717, 1.165) is 25.5 Å². The number of ether oxygens (including phenoxy) is 2. The van der Waals surface area contributed by atoms with Gasteiger partial charge in [0.05, 0.1) is 12.2 Å². The van der Waals surface area contributed by atoms with Gasteiger partial charge in [0.1, 0.15) is 6.61 Å². The molecule has 0 aromatic heterocycles. The molecule has 0 saturated heterocycles. The number of carbonyl (C=O) groups is 2. The lowest BCUT2D eigenvalue weighted by Crippen LogP contribution is -2.24. The van der Waals surface area contributed by atoms with Crippen LogP contribution in [0, 0.1) is 5.92 Å². The van der Waals surface area contributed by atoms with Crippen LogP contribution >= 0.6 is 0 Å². The highest BCUT2D eigenvalue weighted by Crippen LogP contribution is 2.22. The van der Waals surface area contributed by atoms with E-state index in [9.17, 15) is 9.59 Å². The molecule has 1 atom stereocenters. The van der Waals surface area contributed by atoms with Crippen LogP contribution in [0.15, 0.2) is 37.6 Å². The van der Waals surface area contributed by atoms with Crippen molar-refractivity contribution in [2.75, 3.05) is 6.61 Å². The summed E-state index contributed by atoms with van der Waals surface area (Å²) in [6, 6.07) is 0. The summed E-state index contributed by atoms with van der Waals surface area (Å²) in [7, 11) is 0. The number of hydrogen-bond donors (Lipinski definition) is 0. The molecule has 0 bridgehead atoms. The van der Waals surface area contributed by atoms with Crippen LogP contribution in [0.5, 0.6) is 0 Å². The van der Waals surface area contributed by atoms with E-state index in [1.165, 1.54) is 76.7 Å². The van der Waals surface area contributed by atoms with E-state index in [4.69, 9.17) is 9.47 Å². The van der Waals surface area contributed by atoms with Crippen molar-refractivity contribution < 1.29 is 19.1 Å². The topological polar surface area (TPSA) is 52.6 Å². The molecule has 0 aromatic rings. The van der Waals surface area contributed by atoms with Gasteiger partial charge in [-0.15, -0.1) is 0 Å². The van der Waals surface area contributed by atoms with Gasteiger partial charge in [0, 0.05) is 5.57 Å². The highest BCUT2D eigenvalue weighted by Gasteiger charge is 2.27. The third kappa shape index (κ3) is 15.1. The number of carbonyl (C=O) groups excluding carboxylic acids is 2. The maximum Gasteiger partial charge on any atom is 0.339 e. The minimum absolute atomic E-state index is 0.123. The van der Waals surface area contributed by atoms with Crippen molar-refractivity contribution in [1.82, 2.24) is 0 Å². The van der Waals surface area contributed by atoms with Gasteiger partial charge in [0.2, 0.25) is 0 Å². The summed E-state index contributed by atoms with van der Waals surface area (Å²) in [5.74, 6) is -1.75. The van der Waals surface area contributed by atoms with Crippen molar-refractivity contribution in [1.29, 1.82) is 0 Å². The van der Waals surface area contributed by atoms with Crippen LogP contribution in [0.3, 0.4) is 0 Å². The summed E-state index contributed by atoms with van der Waals surface area (Å²) < 4.78 is 9.88. The van der Waals surface area contributed by atoms with Gasteiger partial charge in [-0.05, 0) is 6.42 Å². The summed E-state index contributed by atoms with van der Waals surface area (Å²) in [4.78, 5) is 24.1. The Balaban J connectivity index is 3.91. The third-order valence-electron chi connectivity index (χ3n) is 5.35. The van der Waals surface area contributed by atoms with Gasteiger partial charge >= 0.3 is 11.9 Å². The molecule has 0 radical (unpaired) electrons. The average Bonchev–Trinajstić information content (AvgIpc) is 2.74. The first-order valence-corrected chi connectivity index (χ1v) is 11.9. The molecule has 30 heavy (non-hydrogen) atoms. The average molecular weight is 421 g/mol. The first-order chi connectivity index (χ1) is 14.6. The molecule has 4 heteroatoms. The highest BCUT2D eigenvalue weighted by molar-refractivity contribution is 5.95. The fourth-order valence-corrected chi connectivity index (χ4v) is 3.51. The van der Waals surface area contributed by atoms with E-state index in [2.05, 4.69) is 26.7 Å². The zero-order valence-corrected chi connectivity index (χ0v) is 19.3. The van der Waals surface area contributed by atoms with Crippen molar-refractivity contribution in [3.8, 4) is 0 Å². The summed E-state index contributed by atoms with van der Waals surface area (Å²) >= 11 is 0. The molecule has 4 nitrogen and oxygen atoms in total. The first kappa shape index (κ1) is 28.2. The van der Waals surface area contributed by atoms with Crippen molar-refractivity contribution in [3.05, 3.63) is 37.6 Å². The molecule has 0 aromatic carbocycles. The van der Waals surface area contributed by atoms with E-state index in [0.29, 0.717) is 6.42 Å². The molecule has 0 N–H and O–H groups in total. The van der Waals surface area contributed by atoms with E-state index < -0.39 is 17.9 Å². The van der Waals surface area contributed by atoms with Crippen LogP contribution in [-0.4, -0.2) is 18.5 Å². The van der Waals surface area contributed by atoms with E-state index in [1.807, 2.05) is 0 Å². The van der Waals surface area contributed by atoms with E-state index in [1.54, 1.807) is 0 Å². The predicted molar refractivity (Wildman–Crippen MR) is 125 cm³/mol. The Hall–Kier alpha value is -1.84. The molecule has 0 amide bonds. The smallest absolute Gasteiger partial charge is 0.339 e. The van der Waals surface area contributed by atoms with Crippen LogP contribution in [-0.2, 0) is 19.1 Å². The predicted octanol–water partition coefficient (Wildman–Crippen LogP) is 7.45. The molecular weight excluding hydrogens is 376 g/mol. The summed E-state index contributed by atoms with van der Waals surface area (Å²) in [5, 5.41) is 0. The maximum atomic E-state index is 12.3. The molecule has 0 spiro atoms. The maximum absolute atomic E-state index is 12.3. The summed E-state index contributed by atoms with van der Waals surface area (Å²) in [5.41, 5.74) is 0.124. The zero-order chi connectivity index (χ0) is 22.5. The lowest BCUT2D eigenvalue weighted by atomic mass is 9.93. The third-order valence-corrected chi connectivity index (χ3v) is 5.35. The van der Waals surface area contributed by atoms with E-state index >= 15 is 0 Å². The fraction of sp³-hybridized carbons (Fsp3) is 0.692. The molecule has 0 heterocycles. The highest BCUT2D eigenvalue weighted by atomic mass is 16.5. The van der Waals surface area contributed by atoms with Crippen molar-refractivity contribution in [2.45, 2.75) is 103 Å². The van der Waals surface area contributed by atoms with Gasteiger partial charge in [0.25, 0.3) is 0 Å². The van der Waals surface area contributed by atoms with Gasteiger partial charge in [-0.3, -0.25) is 4.79 Å². The number of esters is 2. The Morgan fingerprint density at radius 1 is 0.800 bits per heavy atom. The molecule has 172 valence electrons. The minimum atomic E-state index is -0.672. The van der Waals surface area contributed by atoms with Crippen LogP contribution in [0.2, 0.25) is 0 Å². The fourth-order valence-electron chi connectivity index (χ4n) is 3.51. The second kappa shape index (κ2) is 20.4. The Bertz CT molecular complexity index is 495. The quantitative estimate of drug-likeness (QED) is 0.0636. The normalized spacial score (nSPS) is 11.5. The summed E-state index contributed by atoms with van der Waals surface area (Å²) in [6.07, 6.45) is 20.9. The van der Waals surface area contributed by atoms with Crippen molar-refractivity contribution in [2.24, 2.45) is 5.92 Å². The molecule has 0 aliphatic carbocycles. The Labute approximate surface area is 184 Å². The summed E-state index contributed by atoms with van der Waals surface area (Å²) in [6.45, 7) is 13.0. The van der Waals surface area contributed by atoms with Gasteiger partial charge < -0.3 is 9.47 Å². The molecule has 0 saturated carbocycles. The van der Waals surface area contributed by atoms with E-state index in [-0.39, 0.29) is 12.2 Å². The molecule has 1 unspecified atom stereocenters. The minimum Gasteiger partial charge on any atom is -0.461 e. The Morgan fingerprint density at radius 3 is 1.70 bits per heavy atom. The standard InChI is InChI=1S/C26H44O4/c1-5-8-9-10-11-12-13-14-15-16-17-18-19-20-21-24(26(28)30-22-6-2)23(4)25(27)29-7-3/h6-7,24H,2-5,8-22H2,1H3. The molecule has 0 aliphatic heterocycles. The SMILES string of the molecule is C=CCOC(=O)C(CCCCCCCCCCCCCCCC)C(=C)C(=O)OC=C. The van der Waals surface area contributed by atoms with Crippen LogP contribution < -0.4 is 0 Å². The number of unbranched alkanes of at least 4 members (excludes halogenated alkanes) is 13. The van der Waals surface area contributed by atoms with Crippen LogP contribution in [0.4, 0.5) is 0 Å². The van der Waals surface area contributed by atoms with Gasteiger partial charge in [-0.25, -0.2) is 4.79 Å². The van der Waals surface area contributed by atoms with Gasteiger partial charge in [-0.2, -0.15) is 0 Å². The lowest BCUT2D eigenvalue weighted by molar-refractivity contribution is -0.148. The van der Waals surface area contributed by atoms with Crippen molar-refractivity contribution >= 4 is 11.9 Å². The second-order valence-electron chi connectivity index (χ2n) is 7.95. The second-order valence-corrected chi connectivity index (χ2v) is 7.95. The molecule has 0 fully saturated rings. The Kier molecular flexibility index (Phi) is 19.2.